The summed E-state index contributed by atoms with van der Waals surface area (Å²) >= 11 is 0. The zero-order valence-electron chi connectivity index (χ0n) is 12.0. The first-order valence-corrected chi connectivity index (χ1v) is 6.80. The minimum Gasteiger partial charge on any atom is -0.444 e. The summed E-state index contributed by atoms with van der Waals surface area (Å²) in [4.78, 5) is 11.5. The molecule has 5 heteroatoms. The van der Waals surface area contributed by atoms with Crippen molar-refractivity contribution >= 4 is 6.09 Å². The lowest BCUT2D eigenvalue weighted by atomic mass is 10.1. The second-order valence-electron chi connectivity index (χ2n) is 6.00. The summed E-state index contributed by atoms with van der Waals surface area (Å²) in [7, 11) is 0. The average molecular weight is 257 g/mol. The third-order valence-corrected chi connectivity index (χ3v) is 2.77. The molecule has 1 saturated heterocycles. The first-order valence-electron chi connectivity index (χ1n) is 6.80. The smallest absolute Gasteiger partial charge is 0.407 e. The van der Waals surface area contributed by atoms with Gasteiger partial charge in [0.25, 0.3) is 0 Å². The van der Waals surface area contributed by atoms with E-state index in [9.17, 15) is 4.79 Å². The van der Waals surface area contributed by atoms with Crippen LogP contribution < -0.4 is 16.0 Å². The molecule has 0 aromatic heterocycles. The normalized spacial score (nSPS) is 22.3. The molecule has 1 aliphatic rings. The van der Waals surface area contributed by atoms with Crippen LogP contribution in [0, 0.1) is 0 Å². The quantitative estimate of drug-likeness (QED) is 0.709. The van der Waals surface area contributed by atoms with Gasteiger partial charge in [-0.1, -0.05) is 0 Å². The lowest BCUT2D eigenvalue weighted by Gasteiger charge is -2.26. The second kappa shape index (κ2) is 6.95. The van der Waals surface area contributed by atoms with E-state index < -0.39 is 5.60 Å². The predicted molar refractivity (Wildman–Crippen MR) is 72.7 cm³/mol. The van der Waals surface area contributed by atoms with Crippen LogP contribution in [0.25, 0.3) is 0 Å². The molecule has 106 valence electrons. The SMILES string of the molecule is CC(CN[C@H]1CCCNC1)NC(=O)OC(C)(C)C. The van der Waals surface area contributed by atoms with Crippen LogP contribution in [0.3, 0.4) is 0 Å². The molecule has 1 fully saturated rings. The van der Waals surface area contributed by atoms with Crippen LogP contribution in [0.1, 0.15) is 40.5 Å². The van der Waals surface area contributed by atoms with Crippen molar-refractivity contribution in [2.24, 2.45) is 0 Å². The summed E-state index contributed by atoms with van der Waals surface area (Å²) in [5, 5.41) is 9.64. The molecule has 1 rings (SSSR count). The summed E-state index contributed by atoms with van der Waals surface area (Å²) < 4.78 is 5.21. The van der Waals surface area contributed by atoms with Crippen LogP contribution in [0.2, 0.25) is 0 Å². The zero-order valence-corrected chi connectivity index (χ0v) is 12.0. The van der Waals surface area contributed by atoms with Crippen molar-refractivity contribution in [3.63, 3.8) is 0 Å². The highest BCUT2D eigenvalue weighted by atomic mass is 16.6. The Bertz CT molecular complexity index is 257. The maximum absolute atomic E-state index is 11.5. The fraction of sp³-hybridized carbons (Fsp3) is 0.923. The fourth-order valence-electron chi connectivity index (χ4n) is 1.93. The lowest BCUT2D eigenvalue weighted by molar-refractivity contribution is 0.0507. The lowest BCUT2D eigenvalue weighted by Crippen LogP contribution is -2.49. The van der Waals surface area contributed by atoms with Crippen LogP contribution in [0.4, 0.5) is 4.79 Å². The largest absolute Gasteiger partial charge is 0.444 e. The van der Waals surface area contributed by atoms with Crippen LogP contribution in [0.5, 0.6) is 0 Å². The van der Waals surface area contributed by atoms with Gasteiger partial charge in [0.1, 0.15) is 5.60 Å². The van der Waals surface area contributed by atoms with E-state index in [0.717, 1.165) is 19.6 Å². The van der Waals surface area contributed by atoms with Gasteiger partial charge in [-0.25, -0.2) is 4.79 Å². The summed E-state index contributed by atoms with van der Waals surface area (Å²) in [5.74, 6) is 0. The van der Waals surface area contributed by atoms with E-state index in [0.29, 0.717) is 6.04 Å². The average Bonchev–Trinajstić information content (AvgIpc) is 2.25. The molecule has 0 aromatic carbocycles. The summed E-state index contributed by atoms with van der Waals surface area (Å²) in [6.07, 6.45) is 2.07. The molecule has 3 N–H and O–H groups in total. The highest BCUT2D eigenvalue weighted by Gasteiger charge is 2.18. The van der Waals surface area contributed by atoms with E-state index in [1.807, 2.05) is 27.7 Å². The van der Waals surface area contributed by atoms with Crippen molar-refractivity contribution in [3.8, 4) is 0 Å². The second-order valence-corrected chi connectivity index (χ2v) is 6.00. The molecule has 0 spiro atoms. The minimum absolute atomic E-state index is 0.0711. The van der Waals surface area contributed by atoms with Gasteiger partial charge in [-0.3, -0.25) is 0 Å². The van der Waals surface area contributed by atoms with Crippen LogP contribution >= 0.6 is 0 Å². The number of hydrogen-bond acceptors (Lipinski definition) is 4. The molecule has 1 aliphatic heterocycles. The molecule has 1 heterocycles. The van der Waals surface area contributed by atoms with Crippen LogP contribution in [-0.4, -0.2) is 43.4 Å². The van der Waals surface area contributed by atoms with Gasteiger partial charge in [0.2, 0.25) is 0 Å². The van der Waals surface area contributed by atoms with Gasteiger partial charge >= 0.3 is 6.09 Å². The fourth-order valence-corrected chi connectivity index (χ4v) is 1.93. The molecular formula is C13H27N3O2. The number of rotatable bonds is 4. The number of ether oxygens (including phenoxy) is 1. The minimum atomic E-state index is -0.440. The maximum atomic E-state index is 11.5. The third kappa shape index (κ3) is 6.81. The number of nitrogens with one attached hydrogen (secondary N) is 3. The molecule has 5 nitrogen and oxygen atoms in total. The molecule has 0 radical (unpaired) electrons. The molecule has 1 unspecified atom stereocenters. The van der Waals surface area contributed by atoms with Crippen molar-refractivity contribution in [2.75, 3.05) is 19.6 Å². The third-order valence-electron chi connectivity index (χ3n) is 2.77. The number of piperidine rings is 1. The zero-order chi connectivity index (χ0) is 13.6. The number of carbonyl (C=O) groups is 1. The van der Waals surface area contributed by atoms with Gasteiger partial charge in [-0.05, 0) is 47.1 Å². The predicted octanol–water partition coefficient (Wildman–Crippen LogP) is 1.24. The topological polar surface area (TPSA) is 62.4 Å². The van der Waals surface area contributed by atoms with Crippen LogP contribution in [-0.2, 0) is 4.74 Å². The first-order chi connectivity index (χ1) is 8.37. The Kier molecular flexibility index (Phi) is 5.88. The molecule has 0 saturated carbocycles. The number of hydrogen-bond donors (Lipinski definition) is 3. The Balaban J connectivity index is 2.16. The number of alkyl carbamates (subject to hydrolysis) is 1. The monoisotopic (exact) mass is 257 g/mol. The first kappa shape index (κ1) is 15.2. The summed E-state index contributed by atoms with van der Waals surface area (Å²) in [6, 6.07) is 0.586. The molecule has 2 atom stereocenters. The summed E-state index contributed by atoms with van der Waals surface area (Å²) in [6.45, 7) is 10.5. The highest BCUT2D eigenvalue weighted by molar-refractivity contribution is 5.68. The van der Waals surface area contributed by atoms with E-state index in [-0.39, 0.29) is 12.1 Å². The molecular weight excluding hydrogens is 230 g/mol. The van der Waals surface area contributed by atoms with Gasteiger partial charge in [-0.15, -0.1) is 0 Å². The van der Waals surface area contributed by atoms with Crippen molar-refractivity contribution in [1.82, 2.24) is 16.0 Å². The van der Waals surface area contributed by atoms with Crippen molar-refractivity contribution in [2.45, 2.75) is 58.2 Å². The Labute approximate surface area is 110 Å². The van der Waals surface area contributed by atoms with Gasteiger partial charge in [0, 0.05) is 25.2 Å². The van der Waals surface area contributed by atoms with E-state index in [1.165, 1.54) is 12.8 Å². The van der Waals surface area contributed by atoms with Crippen molar-refractivity contribution in [1.29, 1.82) is 0 Å². The molecule has 0 bridgehead atoms. The van der Waals surface area contributed by atoms with Gasteiger partial charge < -0.3 is 20.7 Å². The molecule has 0 aliphatic carbocycles. The Morgan fingerprint density at radius 2 is 2.22 bits per heavy atom. The van der Waals surface area contributed by atoms with E-state index in [4.69, 9.17) is 4.74 Å². The maximum Gasteiger partial charge on any atom is 0.407 e. The van der Waals surface area contributed by atoms with E-state index in [2.05, 4.69) is 16.0 Å². The van der Waals surface area contributed by atoms with Gasteiger partial charge in [-0.2, -0.15) is 0 Å². The number of carbonyl (C=O) groups excluding carboxylic acids is 1. The van der Waals surface area contributed by atoms with Crippen molar-refractivity contribution in [3.05, 3.63) is 0 Å². The highest BCUT2D eigenvalue weighted by Crippen LogP contribution is 2.06. The van der Waals surface area contributed by atoms with Gasteiger partial charge in [0.15, 0.2) is 0 Å². The molecule has 1 amide bonds. The molecule has 18 heavy (non-hydrogen) atoms. The summed E-state index contributed by atoms with van der Waals surface area (Å²) in [5.41, 5.74) is -0.440. The Hall–Kier alpha value is -0.810. The molecule has 0 aromatic rings. The Morgan fingerprint density at radius 3 is 2.78 bits per heavy atom. The van der Waals surface area contributed by atoms with Gasteiger partial charge in [0.05, 0.1) is 0 Å². The van der Waals surface area contributed by atoms with E-state index >= 15 is 0 Å². The standard InChI is InChI=1S/C13H27N3O2/c1-10(16-12(17)18-13(2,3)4)8-15-11-6-5-7-14-9-11/h10-11,14-15H,5-9H2,1-4H3,(H,16,17)/t10?,11-/m0/s1. The van der Waals surface area contributed by atoms with Crippen molar-refractivity contribution < 1.29 is 9.53 Å². The van der Waals surface area contributed by atoms with E-state index in [1.54, 1.807) is 0 Å². The van der Waals surface area contributed by atoms with Crippen LogP contribution in [0.15, 0.2) is 0 Å². The number of amides is 1. The Morgan fingerprint density at radius 1 is 1.50 bits per heavy atom.